The number of thioether (sulfide) groups is 1. The van der Waals surface area contributed by atoms with Crippen molar-refractivity contribution in [1.29, 1.82) is 0 Å². The van der Waals surface area contributed by atoms with Gasteiger partial charge < -0.3 is 15.6 Å². The molecule has 1 aromatic rings. The van der Waals surface area contributed by atoms with Crippen molar-refractivity contribution in [3.63, 3.8) is 0 Å². The van der Waals surface area contributed by atoms with Crippen LogP contribution in [0.1, 0.15) is 12.5 Å². The molecule has 0 heterocycles. The van der Waals surface area contributed by atoms with Crippen LogP contribution in [-0.2, 0) is 0 Å². The smallest absolute Gasteiger partial charge is 0.180 e. The van der Waals surface area contributed by atoms with E-state index in [1.807, 2.05) is 6.92 Å². The van der Waals surface area contributed by atoms with Crippen LogP contribution < -0.4 is 10.5 Å². The second-order valence-corrected chi connectivity index (χ2v) is 4.33. The summed E-state index contributed by atoms with van der Waals surface area (Å²) in [6.07, 6.45) is 1.55. The highest BCUT2D eigenvalue weighted by Crippen LogP contribution is 2.25. The summed E-state index contributed by atoms with van der Waals surface area (Å²) in [6.45, 7) is 1.99. The number of ether oxygens (including phenoxy) is 1. The lowest BCUT2D eigenvalue weighted by Gasteiger charge is -2.02. The molecule has 0 saturated carbocycles. The van der Waals surface area contributed by atoms with Crippen molar-refractivity contribution in [1.82, 2.24) is 0 Å². The SMILES string of the molecule is CCSC(N)=NN=Cc1ccc(O)c(OC)c1. The summed E-state index contributed by atoms with van der Waals surface area (Å²) in [5.41, 5.74) is 6.34. The second kappa shape index (κ2) is 6.80. The molecule has 0 fully saturated rings. The Bertz CT molecular complexity index is 433. The van der Waals surface area contributed by atoms with Gasteiger partial charge in [0, 0.05) is 0 Å². The Balaban J connectivity index is 2.75. The lowest BCUT2D eigenvalue weighted by molar-refractivity contribution is 0.373. The molecule has 0 atom stereocenters. The minimum absolute atomic E-state index is 0.0919. The zero-order valence-corrected chi connectivity index (χ0v) is 10.6. The molecule has 3 N–H and O–H groups in total. The predicted molar refractivity (Wildman–Crippen MR) is 72.0 cm³/mol. The fourth-order valence-electron chi connectivity index (χ4n) is 1.10. The average Bonchev–Trinajstić information content (AvgIpc) is 2.31. The zero-order valence-electron chi connectivity index (χ0n) is 9.75. The molecular formula is C11H15N3O2S. The van der Waals surface area contributed by atoms with E-state index in [1.54, 1.807) is 18.3 Å². The number of methoxy groups -OCH3 is 1. The van der Waals surface area contributed by atoms with Crippen molar-refractivity contribution >= 4 is 23.1 Å². The third-order valence-electron chi connectivity index (χ3n) is 1.86. The summed E-state index contributed by atoms with van der Waals surface area (Å²) in [4.78, 5) is 0. The molecule has 0 aliphatic rings. The maximum atomic E-state index is 9.40. The normalized spacial score (nSPS) is 12.0. The molecule has 0 spiro atoms. The lowest BCUT2D eigenvalue weighted by Crippen LogP contribution is -2.05. The number of aromatic hydroxyl groups is 1. The van der Waals surface area contributed by atoms with E-state index in [4.69, 9.17) is 10.5 Å². The Labute approximate surface area is 104 Å². The van der Waals surface area contributed by atoms with Gasteiger partial charge in [-0.25, -0.2) is 0 Å². The number of benzene rings is 1. The van der Waals surface area contributed by atoms with Gasteiger partial charge in [-0.2, -0.15) is 5.10 Å². The number of nitrogens with zero attached hydrogens (tertiary/aromatic N) is 2. The van der Waals surface area contributed by atoms with E-state index in [-0.39, 0.29) is 5.75 Å². The number of phenols is 1. The van der Waals surface area contributed by atoms with Crippen LogP contribution in [0.3, 0.4) is 0 Å². The van der Waals surface area contributed by atoms with Gasteiger partial charge in [-0.3, -0.25) is 0 Å². The molecular weight excluding hydrogens is 238 g/mol. The molecule has 0 aliphatic carbocycles. The third kappa shape index (κ3) is 4.36. The first-order chi connectivity index (χ1) is 8.17. The number of nitrogens with two attached hydrogens (primary N) is 1. The molecule has 17 heavy (non-hydrogen) atoms. The van der Waals surface area contributed by atoms with Crippen LogP contribution in [0.15, 0.2) is 28.4 Å². The summed E-state index contributed by atoms with van der Waals surface area (Å²) >= 11 is 1.43. The average molecular weight is 253 g/mol. The van der Waals surface area contributed by atoms with Crippen molar-refractivity contribution in [2.45, 2.75) is 6.92 Å². The van der Waals surface area contributed by atoms with Gasteiger partial charge in [0.15, 0.2) is 16.7 Å². The topological polar surface area (TPSA) is 80.2 Å². The summed E-state index contributed by atoms with van der Waals surface area (Å²) in [5, 5.41) is 17.5. The molecule has 0 aliphatic heterocycles. The van der Waals surface area contributed by atoms with Gasteiger partial charge in [0.2, 0.25) is 0 Å². The van der Waals surface area contributed by atoms with Gasteiger partial charge in [-0.05, 0) is 29.5 Å². The standard InChI is InChI=1S/C11H15N3O2S/c1-3-17-11(12)14-13-7-8-4-5-9(15)10(6-8)16-2/h4-7,15H,3H2,1-2H3,(H2,12,14). The van der Waals surface area contributed by atoms with Crippen molar-refractivity contribution in [2.24, 2.45) is 15.9 Å². The molecule has 92 valence electrons. The quantitative estimate of drug-likeness (QED) is 0.487. The van der Waals surface area contributed by atoms with Crippen molar-refractivity contribution < 1.29 is 9.84 Å². The second-order valence-electron chi connectivity index (χ2n) is 3.05. The van der Waals surface area contributed by atoms with Crippen molar-refractivity contribution in [2.75, 3.05) is 12.9 Å². The highest BCUT2D eigenvalue weighted by Gasteiger charge is 2.00. The fraction of sp³-hybridized carbons (Fsp3) is 0.273. The lowest BCUT2D eigenvalue weighted by atomic mass is 10.2. The molecule has 5 nitrogen and oxygen atoms in total. The Morgan fingerprint density at radius 3 is 3.00 bits per heavy atom. The van der Waals surface area contributed by atoms with E-state index >= 15 is 0 Å². The molecule has 0 radical (unpaired) electrons. The van der Waals surface area contributed by atoms with Crippen LogP contribution >= 0.6 is 11.8 Å². The molecule has 0 amide bonds. The molecule has 0 saturated heterocycles. The number of phenolic OH excluding ortho intramolecular Hbond substituents is 1. The van der Waals surface area contributed by atoms with E-state index in [1.165, 1.54) is 24.9 Å². The minimum Gasteiger partial charge on any atom is -0.504 e. The largest absolute Gasteiger partial charge is 0.504 e. The van der Waals surface area contributed by atoms with Gasteiger partial charge in [-0.1, -0.05) is 18.7 Å². The van der Waals surface area contributed by atoms with Crippen LogP contribution in [0.5, 0.6) is 11.5 Å². The Kier molecular flexibility index (Phi) is 5.35. The summed E-state index contributed by atoms with van der Waals surface area (Å²) < 4.78 is 4.98. The molecule has 6 heteroatoms. The van der Waals surface area contributed by atoms with Crippen LogP contribution in [-0.4, -0.2) is 29.4 Å². The van der Waals surface area contributed by atoms with Gasteiger partial charge in [0.05, 0.1) is 13.3 Å². The van der Waals surface area contributed by atoms with Crippen molar-refractivity contribution in [3.8, 4) is 11.5 Å². The molecule has 0 bridgehead atoms. The number of hydrogen-bond donors (Lipinski definition) is 2. The maximum Gasteiger partial charge on any atom is 0.180 e. The first kappa shape index (κ1) is 13.4. The maximum absolute atomic E-state index is 9.40. The van der Waals surface area contributed by atoms with E-state index < -0.39 is 0 Å². The van der Waals surface area contributed by atoms with Gasteiger partial charge in [-0.15, -0.1) is 5.10 Å². The number of hydrogen-bond acceptors (Lipinski definition) is 5. The van der Waals surface area contributed by atoms with Gasteiger partial charge in [0.25, 0.3) is 0 Å². The van der Waals surface area contributed by atoms with E-state index in [9.17, 15) is 5.11 Å². The van der Waals surface area contributed by atoms with Crippen molar-refractivity contribution in [3.05, 3.63) is 23.8 Å². The van der Waals surface area contributed by atoms with Crippen LogP contribution in [0.25, 0.3) is 0 Å². The van der Waals surface area contributed by atoms with Gasteiger partial charge in [0.1, 0.15) is 0 Å². The van der Waals surface area contributed by atoms with Crippen LogP contribution in [0, 0.1) is 0 Å². The molecule has 0 aromatic heterocycles. The van der Waals surface area contributed by atoms with Crippen LogP contribution in [0.4, 0.5) is 0 Å². The predicted octanol–water partition coefficient (Wildman–Crippen LogP) is 1.80. The Morgan fingerprint density at radius 2 is 2.35 bits per heavy atom. The minimum atomic E-state index is 0.0919. The highest BCUT2D eigenvalue weighted by atomic mass is 32.2. The zero-order chi connectivity index (χ0) is 12.7. The van der Waals surface area contributed by atoms with E-state index in [2.05, 4.69) is 10.2 Å². The Morgan fingerprint density at radius 1 is 1.59 bits per heavy atom. The summed E-state index contributed by atoms with van der Waals surface area (Å²) in [5.74, 6) is 1.35. The molecule has 1 aromatic carbocycles. The van der Waals surface area contributed by atoms with E-state index in [0.29, 0.717) is 10.9 Å². The van der Waals surface area contributed by atoms with E-state index in [0.717, 1.165) is 11.3 Å². The number of amidine groups is 1. The fourth-order valence-corrected chi connectivity index (χ4v) is 1.50. The first-order valence-electron chi connectivity index (χ1n) is 5.03. The first-order valence-corrected chi connectivity index (χ1v) is 6.02. The Hall–Kier alpha value is -1.69. The monoisotopic (exact) mass is 253 g/mol. The molecule has 0 unspecified atom stereocenters. The summed E-state index contributed by atoms with van der Waals surface area (Å²) in [7, 11) is 1.49. The highest BCUT2D eigenvalue weighted by molar-refractivity contribution is 8.13. The van der Waals surface area contributed by atoms with Crippen LogP contribution in [0.2, 0.25) is 0 Å². The van der Waals surface area contributed by atoms with Gasteiger partial charge >= 0.3 is 0 Å². The third-order valence-corrected chi connectivity index (χ3v) is 2.53. The summed E-state index contributed by atoms with van der Waals surface area (Å²) in [6, 6.07) is 4.91. The molecule has 1 rings (SSSR count). The number of rotatable bonds is 4.